The molecule has 0 spiro atoms. The van der Waals surface area contributed by atoms with Crippen LogP contribution in [-0.4, -0.2) is 7.11 Å². The van der Waals surface area contributed by atoms with Crippen molar-refractivity contribution < 1.29 is 9.13 Å². The normalized spacial score (nSPS) is 12.2. The Morgan fingerprint density at radius 2 is 1.95 bits per heavy atom. The third-order valence-corrected chi connectivity index (χ3v) is 3.99. The lowest BCUT2D eigenvalue weighted by atomic mass is 10.1. The Balaban J connectivity index is 2.13. The lowest BCUT2D eigenvalue weighted by Gasteiger charge is -2.17. The van der Waals surface area contributed by atoms with E-state index >= 15 is 0 Å². The van der Waals surface area contributed by atoms with E-state index in [9.17, 15) is 4.39 Å². The molecule has 0 saturated carbocycles. The van der Waals surface area contributed by atoms with Gasteiger partial charge in [-0.15, -0.1) is 0 Å². The fourth-order valence-electron chi connectivity index (χ4n) is 2.12. The Hall–Kier alpha value is -1.29. The number of benzene rings is 2. The van der Waals surface area contributed by atoms with E-state index in [1.807, 2.05) is 25.1 Å². The zero-order valence-corrected chi connectivity index (χ0v) is 13.3. The second kappa shape index (κ2) is 7.12. The molecule has 2 rings (SSSR count). The average Bonchev–Trinajstić information content (AvgIpc) is 2.45. The third kappa shape index (κ3) is 3.88. The molecule has 2 nitrogen and oxygen atoms in total. The van der Waals surface area contributed by atoms with Crippen LogP contribution in [0, 0.1) is 5.82 Å². The van der Waals surface area contributed by atoms with Gasteiger partial charge in [-0.1, -0.05) is 35.3 Å². The zero-order valence-electron chi connectivity index (χ0n) is 11.8. The lowest BCUT2D eigenvalue weighted by molar-refractivity contribution is 0.406. The highest BCUT2D eigenvalue weighted by molar-refractivity contribution is 6.31. The van der Waals surface area contributed by atoms with Gasteiger partial charge in [-0.25, -0.2) is 4.39 Å². The molecule has 0 aromatic heterocycles. The highest BCUT2D eigenvalue weighted by Gasteiger charge is 2.13. The van der Waals surface area contributed by atoms with Crippen LogP contribution in [0.1, 0.15) is 24.1 Å². The van der Waals surface area contributed by atoms with E-state index in [1.54, 1.807) is 13.2 Å². The van der Waals surface area contributed by atoms with Crippen LogP contribution >= 0.6 is 23.2 Å². The molecule has 0 fully saturated rings. The first-order valence-corrected chi connectivity index (χ1v) is 7.28. The molecule has 1 atom stereocenters. The maximum atomic E-state index is 13.1. The minimum absolute atomic E-state index is 0.0425. The summed E-state index contributed by atoms with van der Waals surface area (Å²) in [5.74, 6) is 0.385. The summed E-state index contributed by atoms with van der Waals surface area (Å²) in [4.78, 5) is 0. The summed E-state index contributed by atoms with van der Waals surface area (Å²) in [7, 11) is 1.61. The molecule has 0 amide bonds. The van der Waals surface area contributed by atoms with Crippen molar-refractivity contribution in [3.63, 3.8) is 0 Å². The molecule has 0 radical (unpaired) electrons. The molecule has 0 saturated heterocycles. The van der Waals surface area contributed by atoms with Gasteiger partial charge in [-0.05, 0) is 36.8 Å². The Kier molecular flexibility index (Phi) is 5.45. The van der Waals surface area contributed by atoms with Crippen molar-refractivity contribution in [1.29, 1.82) is 0 Å². The Labute approximate surface area is 133 Å². The van der Waals surface area contributed by atoms with Crippen LogP contribution in [-0.2, 0) is 6.54 Å². The summed E-state index contributed by atoms with van der Waals surface area (Å²) >= 11 is 12.3. The summed E-state index contributed by atoms with van der Waals surface area (Å²) in [6, 6.07) is 9.86. The van der Waals surface area contributed by atoms with Gasteiger partial charge in [0.05, 0.1) is 7.11 Å². The molecule has 1 N–H and O–H groups in total. The number of ether oxygens (including phenoxy) is 1. The maximum absolute atomic E-state index is 13.1. The number of hydrogen-bond donors (Lipinski definition) is 1. The molecule has 0 aliphatic carbocycles. The van der Waals surface area contributed by atoms with Crippen molar-refractivity contribution in [2.24, 2.45) is 0 Å². The number of halogens is 3. The van der Waals surface area contributed by atoms with E-state index in [-0.39, 0.29) is 11.9 Å². The minimum Gasteiger partial charge on any atom is -0.496 e. The van der Waals surface area contributed by atoms with Crippen molar-refractivity contribution in [2.75, 3.05) is 7.11 Å². The van der Waals surface area contributed by atoms with Gasteiger partial charge in [-0.2, -0.15) is 0 Å². The number of methoxy groups -OCH3 is 1. The summed E-state index contributed by atoms with van der Waals surface area (Å²) in [5.41, 5.74) is 1.72. The molecule has 21 heavy (non-hydrogen) atoms. The van der Waals surface area contributed by atoms with Crippen molar-refractivity contribution in [3.05, 3.63) is 63.4 Å². The van der Waals surface area contributed by atoms with E-state index in [0.29, 0.717) is 16.6 Å². The fraction of sp³-hybridized carbons (Fsp3) is 0.250. The molecule has 0 heterocycles. The highest BCUT2D eigenvalue weighted by Crippen LogP contribution is 2.28. The van der Waals surface area contributed by atoms with Crippen molar-refractivity contribution in [2.45, 2.75) is 19.5 Å². The largest absolute Gasteiger partial charge is 0.496 e. The average molecular weight is 328 g/mol. The SMILES string of the molecule is COc1cccc(Cl)c1CNC(C)c1ccc(F)cc1Cl. The zero-order chi connectivity index (χ0) is 15.4. The summed E-state index contributed by atoms with van der Waals surface area (Å²) < 4.78 is 18.4. The predicted octanol–water partition coefficient (Wildman–Crippen LogP) is 4.99. The molecule has 1 unspecified atom stereocenters. The fourth-order valence-corrected chi connectivity index (χ4v) is 2.68. The van der Waals surface area contributed by atoms with Gasteiger partial charge >= 0.3 is 0 Å². The monoisotopic (exact) mass is 327 g/mol. The first-order valence-electron chi connectivity index (χ1n) is 6.52. The van der Waals surface area contributed by atoms with Gasteiger partial charge in [-0.3, -0.25) is 0 Å². The van der Waals surface area contributed by atoms with Gasteiger partial charge in [0.1, 0.15) is 11.6 Å². The second-order valence-electron chi connectivity index (χ2n) is 4.69. The van der Waals surface area contributed by atoms with Crippen LogP contribution in [0.4, 0.5) is 4.39 Å². The van der Waals surface area contributed by atoms with Crippen LogP contribution in [0.3, 0.4) is 0 Å². The summed E-state index contributed by atoms with van der Waals surface area (Å²) in [6.07, 6.45) is 0. The smallest absolute Gasteiger partial charge is 0.124 e. The molecule has 5 heteroatoms. The van der Waals surface area contributed by atoms with E-state index < -0.39 is 0 Å². The first kappa shape index (κ1) is 16.1. The van der Waals surface area contributed by atoms with Crippen LogP contribution in [0.25, 0.3) is 0 Å². The van der Waals surface area contributed by atoms with Crippen molar-refractivity contribution >= 4 is 23.2 Å². The van der Waals surface area contributed by atoms with Crippen LogP contribution < -0.4 is 10.1 Å². The molecule has 0 aliphatic heterocycles. The molecule has 0 aliphatic rings. The second-order valence-corrected chi connectivity index (χ2v) is 5.50. The number of rotatable bonds is 5. The van der Waals surface area contributed by atoms with Crippen molar-refractivity contribution in [1.82, 2.24) is 5.32 Å². The standard InChI is InChI=1S/C16H16Cl2FNO/c1-10(12-7-6-11(19)8-15(12)18)20-9-13-14(17)4-3-5-16(13)21-2/h3-8,10,20H,9H2,1-2H3. The van der Waals surface area contributed by atoms with Gasteiger partial charge in [0.2, 0.25) is 0 Å². The highest BCUT2D eigenvalue weighted by atomic mass is 35.5. The number of hydrogen-bond acceptors (Lipinski definition) is 2. The van der Waals surface area contributed by atoms with Gasteiger partial charge in [0.15, 0.2) is 0 Å². The lowest BCUT2D eigenvalue weighted by Crippen LogP contribution is -2.19. The molecular formula is C16H16Cl2FNO. The molecule has 2 aromatic rings. The van der Waals surface area contributed by atoms with E-state index in [2.05, 4.69) is 5.32 Å². The third-order valence-electron chi connectivity index (χ3n) is 3.31. The number of nitrogens with one attached hydrogen (secondary N) is 1. The topological polar surface area (TPSA) is 21.3 Å². The molecule has 2 aromatic carbocycles. The Morgan fingerprint density at radius 3 is 2.62 bits per heavy atom. The van der Waals surface area contributed by atoms with Gasteiger partial charge < -0.3 is 10.1 Å². The maximum Gasteiger partial charge on any atom is 0.124 e. The molecular weight excluding hydrogens is 312 g/mol. The summed E-state index contributed by atoms with van der Waals surface area (Å²) in [6.45, 7) is 2.49. The quantitative estimate of drug-likeness (QED) is 0.835. The molecule has 0 bridgehead atoms. The van der Waals surface area contributed by atoms with Gasteiger partial charge in [0, 0.05) is 28.2 Å². The van der Waals surface area contributed by atoms with E-state index in [1.165, 1.54) is 12.1 Å². The van der Waals surface area contributed by atoms with Crippen molar-refractivity contribution in [3.8, 4) is 5.75 Å². The van der Waals surface area contributed by atoms with Crippen LogP contribution in [0.5, 0.6) is 5.75 Å². The Morgan fingerprint density at radius 1 is 1.19 bits per heavy atom. The summed E-state index contributed by atoms with van der Waals surface area (Å²) in [5, 5.41) is 4.36. The molecule has 112 valence electrons. The first-order chi connectivity index (χ1) is 10.0. The van der Waals surface area contributed by atoms with E-state index in [0.717, 1.165) is 16.9 Å². The van der Waals surface area contributed by atoms with Crippen LogP contribution in [0.15, 0.2) is 36.4 Å². The Bertz CT molecular complexity index is 634. The van der Waals surface area contributed by atoms with E-state index in [4.69, 9.17) is 27.9 Å². The minimum atomic E-state index is -0.344. The van der Waals surface area contributed by atoms with Gasteiger partial charge in [0.25, 0.3) is 0 Å². The predicted molar refractivity (Wildman–Crippen MR) is 84.7 cm³/mol. The van der Waals surface area contributed by atoms with Crippen LogP contribution in [0.2, 0.25) is 10.0 Å².